The van der Waals surface area contributed by atoms with Crippen molar-refractivity contribution >= 4 is 12.7 Å². The second-order valence-electron chi connectivity index (χ2n) is 3.92. The first-order valence-corrected chi connectivity index (χ1v) is 5.41. The molecule has 1 unspecified atom stereocenters. The average molecular weight is 211 g/mol. The molecule has 0 aliphatic rings. The number of hydrogen-bond acceptors (Lipinski definition) is 0. The molecule has 2 aromatic carbocycles. The van der Waals surface area contributed by atoms with Crippen LogP contribution in [-0.4, -0.2) is 7.28 Å². The van der Waals surface area contributed by atoms with Crippen molar-refractivity contribution in [1.82, 2.24) is 0 Å². The van der Waals surface area contributed by atoms with E-state index in [-0.39, 0.29) is 5.82 Å². The molecular weight excluding hydrogens is 198 g/mol. The van der Waals surface area contributed by atoms with Crippen molar-refractivity contribution in [2.45, 2.75) is 12.7 Å². The van der Waals surface area contributed by atoms with Gasteiger partial charge in [-0.05, 0) is 6.07 Å². The van der Waals surface area contributed by atoms with E-state index < -0.39 is 0 Å². The number of rotatable bonds is 3. The minimum Gasteiger partial charge on any atom is -0.287 e. The van der Waals surface area contributed by atoms with Gasteiger partial charge >= 0.3 is 0 Å². The van der Waals surface area contributed by atoms with Gasteiger partial charge in [-0.3, -0.25) is 12.7 Å². The van der Waals surface area contributed by atoms with Crippen LogP contribution in [-0.2, 0) is 0 Å². The zero-order chi connectivity index (χ0) is 11.4. The van der Waals surface area contributed by atoms with Gasteiger partial charge in [0, 0.05) is 0 Å². The van der Waals surface area contributed by atoms with Crippen molar-refractivity contribution in [3.8, 4) is 0 Å². The predicted molar refractivity (Wildman–Crippen MR) is 66.6 cm³/mol. The van der Waals surface area contributed by atoms with Gasteiger partial charge in [-0.15, -0.1) is 6.07 Å². The third kappa shape index (κ3) is 2.72. The Morgan fingerprint density at radius 3 is 2.44 bits per heavy atom. The molecule has 0 heterocycles. The molecule has 2 rings (SSSR count). The quantitative estimate of drug-likeness (QED) is 0.684. The second-order valence-corrected chi connectivity index (χ2v) is 3.92. The lowest BCUT2D eigenvalue weighted by Crippen LogP contribution is -2.20. The molecule has 2 heteroatoms. The standard InChI is InChI=1S/C14H13BF/c1-11(12-6-3-2-4-7-12)15-13-8-5-9-14(16)10-13/h2-11H,1H3/q-1. The molecule has 80 valence electrons. The fraction of sp³-hybridized carbons (Fsp3) is 0.143. The third-order valence-corrected chi connectivity index (χ3v) is 2.62. The summed E-state index contributed by atoms with van der Waals surface area (Å²) in [6, 6.07) is 16.9. The smallest absolute Gasteiger partial charge is 0.119 e. The molecule has 0 aliphatic carbocycles. The van der Waals surface area contributed by atoms with Gasteiger partial charge in [0.05, 0.1) is 0 Å². The first kappa shape index (κ1) is 10.9. The van der Waals surface area contributed by atoms with Crippen LogP contribution in [0.4, 0.5) is 4.39 Å². The summed E-state index contributed by atoms with van der Waals surface area (Å²) in [7, 11) is 2.07. The van der Waals surface area contributed by atoms with Crippen LogP contribution in [0.25, 0.3) is 0 Å². The van der Waals surface area contributed by atoms with E-state index in [2.05, 4.69) is 26.3 Å². The maximum Gasteiger partial charge on any atom is 0.119 e. The van der Waals surface area contributed by atoms with Gasteiger partial charge in [-0.1, -0.05) is 55.0 Å². The van der Waals surface area contributed by atoms with E-state index in [1.165, 1.54) is 11.6 Å². The molecule has 0 aromatic heterocycles. The van der Waals surface area contributed by atoms with E-state index in [0.29, 0.717) is 5.82 Å². The molecule has 0 saturated heterocycles. The predicted octanol–water partition coefficient (Wildman–Crippen LogP) is 2.92. The summed E-state index contributed by atoms with van der Waals surface area (Å²) in [6.07, 6.45) is 0. The third-order valence-electron chi connectivity index (χ3n) is 2.62. The van der Waals surface area contributed by atoms with Crippen molar-refractivity contribution in [3.63, 3.8) is 0 Å². The molecule has 0 aliphatic heterocycles. The van der Waals surface area contributed by atoms with Gasteiger partial charge < -0.3 is 0 Å². The van der Waals surface area contributed by atoms with E-state index in [1.54, 1.807) is 12.1 Å². The fourth-order valence-electron chi connectivity index (χ4n) is 1.75. The molecule has 0 amide bonds. The van der Waals surface area contributed by atoms with Crippen molar-refractivity contribution in [2.24, 2.45) is 0 Å². The SMILES string of the molecule is CC([B-]c1cccc(F)c1)c1ccccc1. The van der Waals surface area contributed by atoms with E-state index in [4.69, 9.17) is 0 Å². The summed E-state index contributed by atoms with van der Waals surface area (Å²) in [5.41, 5.74) is 2.17. The maximum absolute atomic E-state index is 13.0. The van der Waals surface area contributed by atoms with Crippen LogP contribution >= 0.6 is 0 Å². The van der Waals surface area contributed by atoms with Crippen molar-refractivity contribution in [2.75, 3.05) is 0 Å². The Kier molecular flexibility index (Phi) is 3.40. The Balaban J connectivity index is 2.11. The Hall–Kier alpha value is -1.57. The van der Waals surface area contributed by atoms with Crippen LogP contribution in [0.15, 0.2) is 54.6 Å². The van der Waals surface area contributed by atoms with Crippen LogP contribution in [0.3, 0.4) is 0 Å². The molecule has 16 heavy (non-hydrogen) atoms. The molecule has 2 aromatic rings. The van der Waals surface area contributed by atoms with E-state index in [9.17, 15) is 4.39 Å². The minimum atomic E-state index is -0.186. The van der Waals surface area contributed by atoms with Gasteiger partial charge in [-0.2, -0.15) is 0 Å². The van der Waals surface area contributed by atoms with Crippen LogP contribution in [0, 0.1) is 5.82 Å². The lowest BCUT2D eigenvalue weighted by molar-refractivity contribution is 0.629. The summed E-state index contributed by atoms with van der Waals surface area (Å²) in [5.74, 6) is 0.108. The summed E-state index contributed by atoms with van der Waals surface area (Å²) >= 11 is 0. The zero-order valence-electron chi connectivity index (χ0n) is 9.23. The molecule has 2 radical (unpaired) electrons. The normalized spacial score (nSPS) is 12.4. The first-order chi connectivity index (χ1) is 7.75. The van der Waals surface area contributed by atoms with Gasteiger partial charge in [0.1, 0.15) is 5.82 Å². The first-order valence-electron chi connectivity index (χ1n) is 5.41. The van der Waals surface area contributed by atoms with Crippen LogP contribution in [0.1, 0.15) is 18.3 Å². The summed E-state index contributed by atoms with van der Waals surface area (Å²) in [6.45, 7) is 2.11. The summed E-state index contributed by atoms with van der Waals surface area (Å²) in [5, 5.41) is 0. The van der Waals surface area contributed by atoms with Gasteiger partial charge in [0.2, 0.25) is 0 Å². The monoisotopic (exact) mass is 211 g/mol. The van der Waals surface area contributed by atoms with Crippen molar-refractivity contribution in [1.29, 1.82) is 0 Å². The van der Waals surface area contributed by atoms with E-state index in [0.717, 1.165) is 5.46 Å². The highest BCUT2D eigenvalue weighted by Crippen LogP contribution is 2.12. The van der Waals surface area contributed by atoms with E-state index >= 15 is 0 Å². The van der Waals surface area contributed by atoms with Gasteiger partial charge in [0.25, 0.3) is 0 Å². The second kappa shape index (κ2) is 4.97. The lowest BCUT2D eigenvalue weighted by Gasteiger charge is -2.25. The van der Waals surface area contributed by atoms with Crippen LogP contribution in [0.2, 0.25) is 0 Å². The van der Waals surface area contributed by atoms with E-state index in [1.807, 2.05) is 24.3 Å². The highest BCUT2D eigenvalue weighted by Gasteiger charge is 1.94. The van der Waals surface area contributed by atoms with Crippen molar-refractivity contribution in [3.05, 3.63) is 66.0 Å². The fourth-order valence-corrected chi connectivity index (χ4v) is 1.75. The van der Waals surface area contributed by atoms with Crippen LogP contribution in [0.5, 0.6) is 0 Å². The summed E-state index contributed by atoms with van der Waals surface area (Å²) in [4.78, 5) is 0. The topological polar surface area (TPSA) is 0 Å². The Labute approximate surface area is 96.4 Å². The molecular formula is C14H13BF-. The maximum atomic E-state index is 13.0. The molecule has 0 N–H and O–H groups in total. The Bertz CT molecular complexity index is 453. The number of hydrogen-bond donors (Lipinski definition) is 0. The minimum absolute atomic E-state index is 0.186. The van der Waals surface area contributed by atoms with Gasteiger partial charge in [0.15, 0.2) is 0 Å². The van der Waals surface area contributed by atoms with Crippen LogP contribution < -0.4 is 5.46 Å². The lowest BCUT2D eigenvalue weighted by atomic mass is 9.58. The van der Waals surface area contributed by atoms with Crippen molar-refractivity contribution < 1.29 is 4.39 Å². The van der Waals surface area contributed by atoms with Gasteiger partial charge in [-0.25, -0.2) is 10.2 Å². The Morgan fingerprint density at radius 1 is 1.00 bits per heavy atom. The number of halogens is 1. The molecule has 0 saturated carbocycles. The molecule has 0 fully saturated rings. The summed E-state index contributed by atoms with van der Waals surface area (Å²) < 4.78 is 13.0. The largest absolute Gasteiger partial charge is 0.287 e. The Morgan fingerprint density at radius 2 is 1.75 bits per heavy atom. The molecule has 0 spiro atoms. The average Bonchev–Trinajstić information content (AvgIpc) is 2.30. The molecule has 1 atom stereocenters. The highest BCUT2D eigenvalue weighted by atomic mass is 19.1. The zero-order valence-corrected chi connectivity index (χ0v) is 9.23. The molecule has 0 nitrogen and oxygen atoms in total. The highest BCUT2D eigenvalue weighted by molar-refractivity contribution is 6.54. The molecule has 0 bridgehead atoms. The number of benzene rings is 2.